The molecule has 1 N–H and O–H groups in total. The van der Waals surface area contributed by atoms with Crippen molar-refractivity contribution in [2.24, 2.45) is 0 Å². The van der Waals surface area contributed by atoms with Crippen molar-refractivity contribution >= 4 is 72.8 Å². The van der Waals surface area contributed by atoms with Crippen molar-refractivity contribution in [2.75, 3.05) is 7.11 Å². The van der Waals surface area contributed by atoms with E-state index in [1.165, 1.54) is 26.2 Å². The second-order valence-corrected chi connectivity index (χ2v) is 9.56. The van der Waals surface area contributed by atoms with Crippen molar-refractivity contribution in [3.05, 3.63) is 66.9 Å². The van der Waals surface area contributed by atoms with Crippen molar-refractivity contribution in [3.63, 3.8) is 0 Å². The topological polar surface area (TPSA) is 110 Å². The number of methoxy groups -OCH3 is 1. The number of esters is 1. The number of halogens is 2. The second kappa shape index (κ2) is 10.5. The van der Waals surface area contributed by atoms with Crippen LogP contribution in [0.25, 0.3) is 6.08 Å². The maximum absolute atomic E-state index is 12.7. The lowest BCUT2D eigenvalue weighted by Crippen LogP contribution is -2.42. The van der Waals surface area contributed by atoms with Crippen LogP contribution in [0, 0.1) is 0 Å². The first-order chi connectivity index (χ1) is 15.6. The van der Waals surface area contributed by atoms with Crippen LogP contribution < -0.4 is 4.74 Å². The lowest BCUT2D eigenvalue weighted by atomic mass is 10.1. The van der Waals surface area contributed by atoms with Gasteiger partial charge in [0.25, 0.3) is 11.1 Å². The quantitative estimate of drug-likeness (QED) is 0.347. The fourth-order valence-electron chi connectivity index (χ4n) is 2.94. The van der Waals surface area contributed by atoms with Crippen LogP contribution in [-0.4, -0.2) is 46.2 Å². The monoisotopic (exact) mass is 597 g/mol. The molecule has 0 bridgehead atoms. The Bertz CT molecular complexity index is 1140. The predicted molar refractivity (Wildman–Crippen MR) is 129 cm³/mol. The molecule has 1 saturated heterocycles. The molecule has 1 aliphatic rings. The van der Waals surface area contributed by atoms with Gasteiger partial charge in [-0.3, -0.25) is 14.5 Å². The van der Waals surface area contributed by atoms with E-state index in [1.54, 1.807) is 30.3 Å². The molecule has 1 heterocycles. The molecule has 1 aliphatic heterocycles. The van der Waals surface area contributed by atoms with Gasteiger partial charge in [0, 0.05) is 0 Å². The summed E-state index contributed by atoms with van der Waals surface area (Å²) >= 11 is 7.65. The van der Waals surface area contributed by atoms with Gasteiger partial charge in [-0.1, -0.05) is 12.1 Å². The van der Waals surface area contributed by atoms with Gasteiger partial charge in [0.05, 0.1) is 26.5 Å². The number of carbonyl (C=O) groups excluding carboxylic acids is 3. The Balaban J connectivity index is 1.76. The van der Waals surface area contributed by atoms with E-state index in [4.69, 9.17) is 9.84 Å². The molecule has 0 spiro atoms. The number of carboxylic acids is 1. The highest BCUT2D eigenvalue weighted by molar-refractivity contribution is 9.11. The normalized spacial score (nSPS) is 15.6. The molecule has 1 atom stereocenters. The molecule has 33 heavy (non-hydrogen) atoms. The third-order valence-electron chi connectivity index (χ3n) is 4.66. The second-order valence-electron chi connectivity index (χ2n) is 6.86. The highest BCUT2D eigenvalue weighted by Gasteiger charge is 2.41. The first-order valence-corrected chi connectivity index (χ1v) is 11.8. The van der Waals surface area contributed by atoms with Gasteiger partial charge in [0.15, 0.2) is 0 Å². The van der Waals surface area contributed by atoms with E-state index in [0.29, 0.717) is 20.3 Å². The molecule has 0 radical (unpaired) electrons. The molecule has 0 aromatic heterocycles. The van der Waals surface area contributed by atoms with E-state index in [2.05, 4.69) is 36.6 Å². The number of aromatic carboxylic acids is 1. The van der Waals surface area contributed by atoms with Crippen molar-refractivity contribution in [2.45, 2.75) is 19.6 Å². The number of carbonyl (C=O) groups is 4. The summed E-state index contributed by atoms with van der Waals surface area (Å²) in [6.45, 7) is 1.64. The zero-order chi connectivity index (χ0) is 24.3. The van der Waals surface area contributed by atoms with Crippen LogP contribution >= 0.6 is 43.6 Å². The Morgan fingerprint density at radius 2 is 1.76 bits per heavy atom. The number of nitrogens with zero attached hydrogens (tertiary/aromatic N) is 1. The lowest BCUT2D eigenvalue weighted by molar-refractivity contribution is -0.148. The van der Waals surface area contributed by atoms with Crippen molar-refractivity contribution in [1.82, 2.24) is 4.90 Å². The Labute approximate surface area is 210 Å². The molecular formula is C22H17Br2NO7S. The van der Waals surface area contributed by atoms with Crippen molar-refractivity contribution < 1.29 is 33.8 Å². The number of ether oxygens (including phenoxy) is 2. The number of hydrogen-bond donors (Lipinski definition) is 1. The molecule has 2 amide bonds. The molecule has 2 aromatic carbocycles. The number of thioether (sulfide) groups is 1. The van der Waals surface area contributed by atoms with Crippen molar-refractivity contribution in [1.29, 1.82) is 0 Å². The van der Waals surface area contributed by atoms with Gasteiger partial charge in [0.1, 0.15) is 18.4 Å². The molecule has 2 aromatic rings. The van der Waals surface area contributed by atoms with Gasteiger partial charge >= 0.3 is 11.9 Å². The number of imide groups is 1. The standard InChI is InChI=1S/C22H17Br2NO7S/c1-11(21(29)31-2)25-19(26)17(33-22(25)30)9-13-7-15(23)18(16(24)8-13)32-10-12-3-5-14(6-4-12)20(27)28/h3-9,11H,10H2,1-2H3,(H,27,28)/b17-9+/t11-/m0/s1. The number of benzene rings is 2. The van der Waals surface area contributed by atoms with E-state index < -0.39 is 29.1 Å². The summed E-state index contributed by atoms with van der Waals surface area (Å²) in [4.78, 5) is 48.7. The molecule has 3 rings (SSSR count). The van der Waals surface area contributed by atoms with Gasteiger partial charge in [-0.05, 0) is 92.0 Å². The van der Waals surface area contributed by atoms with Crippen LogP contribution in [0.3, 0.4) is 0 Å². The minimum atomic E-state index is -1.02. The largest absolute Gasteiger partial charge is 0.487 e. The summed E-state index contributed by atoms with van der Waals surface area (Å²) in [5, 5.41) is 8.43. The zero-order valence-electron chi connectivity index (χ0n) is 17.3. The fourth-order valence-corrected chi connectivity index (χ4v) is 5.30. The fraction of sp³-hybridized carbons (Fsp3) is 0.182. The molecule has 8 nitrogen and oxygen atoms in total. The SMILES string of the molecule is COC(=O)[C@H](C)N1C(=O)S/C(=C/c2cc(Br)c(OCc3ccc(C(=O)O)cc3)c(Br)c2)C1=O. The highest BCUT2D eigenvalue weighted by atomic mass is 79.9. The maximum atomic E-state index is 12.7. The average Bonchev–Trinajstić information content (AvgIpc) is 3.05. The number of amides is 2. The predicted octanol–water partition coefficient (Wildman–Crippen LogP) is 5.09. The molecule has 11 heteroatoms. The first-order valence-electron chi connectivity index (χ1n) is 9.41. The van der Waals surface area contributed by atoms with Crippen LogP contribution in [0.15, 0.2) is 50.2 Å². The van der Waals surface area contributed by atoms with Gasteiger partial charge in [-0.25, -0.2) is 9.59 Å². The molecular weight excluding hydrogens is 582 g/mol. The minimum absolute atomic E-state index is 0.182. The molecule has 172 valence electrons. The Morgan fingerprint density at radius 1 is 1.15 bits per heavy atom. The van der Waals surface area contributed by atoms with Gasteiger partial charge < -0.3 is 14.6 Å². The summed E-state index contributed by atoms with van der Waals surface area (Å²) in [6.07, 6.45) is 1.55. The number of hydrogen-bond acceptors (Lipinski definition) is 7. The zero-order valence-corrected chi connectivity index (χ0v) is 21.3. The van der Waals surface area contributed by atoms with Crippen LogP contribution in [0.4, 0.5) is 4.79 Å². The Hall–Kier alpha value is -2.63. The lowest BCUT2D eigenvalue weighted by Gasteiger charge is -2.18. The smallest absolute Gasteiger partial charge is 0.335 e. The maximum Gasteiger partial charge on any atom is 0.335 e. The molecule has 0 saturated carbocycles. The third-order valence-corrected chi connectivity index (χ3v) is 6.72. The summed E-state index contributed by atoms with van der Waals surface area (Å²) in [6, 6.07) is 8.78. The van der Waals surface area contributed by atoms with Crippen LogP contribution in [-0.2, 0) is 20.9 Å². The molecule has 1 fully saturated rings. The summed E-state index contributed by atoms with van der Waals surface area (Å²) < 4.78 is 11.7. The van der Waals surface area contributed by atoms with Crippen LogP contribution in [0.5, 0.6) is 5.75 Å². The summed E-state index contributed by atoms with van der Waals surface area (Å²) in [5.41, 5.74) is 1.61. The van der Waals surface area contributed by atoms with Crippen LogP contribution in [0.1, 0.15) is 28.4 Å². The van der Waals surface area contributed by atoms with E-state index in [1.807, 2.05) is 0 Å². The Kier molecular flexibility index (Phi) is 7.98. The summed E-state index contributed by atoms with van der Waals surface area (Å²) in [7, 11) is 1.19. The first kappa shape index (κ1) is 25.0. The Morgan fingerprint density at radius 3 is 2.30 bits per heavy atom. The van der Waals surface area contributed by atoms with E-state index in [-0.39, 0.29) is 17.1 Å². The van der Waals surface area contributed by atoms with Gasteiger partial charge in [0.2, 0.25) is 0 Å². The number of rotatable bonds is 7. The molecule has 0 unspecified atom stereocenters. The van der Waals surface area contributed by atoms with Gasteiger partial charge in [-0.15, -0.1) is 0 Å². The highest BCUT2D eigenvalue weighted by Crippen LogP contribution is 2.38. The third kappa shape index (κ3) is 5.66. The van der Waals surface area contributed by atoms with Crippen LogP contribution in [0.2, 0.25) is 0 Å². The van der Waals surface area contributed by atoms with Gasteiger partial charge in [-0.2, -0.15) is 0 Å². The van der Waals surface area contributed by atoms with E-state index in [9.17, 15) is 19.2 Å². The average molecular weight is 599 g/mol. The minimum Gasteiger partial charge on any atom is -0.487 e. The number of carboxylic acid groups (broad SMARTS) is 1. The molecule has 0 aliphatic carbocycles. The van der Waals surface area contributed by atoms with E-state index >= 15 is 0 Å². The summed E-state index contributed by atoms with van der Waals surface area (Å²) in [5.74, 6) is -1.73. The van der Waals surface area contributed by atoms with E-state index in [0.717, 1.165) is 22.2 Å². The van der Waals surface area contributed by atoms with Crippen molar-refractivity contribution in [3.8, 4) is 5.75 Å².